The van der Waals surface area contributed by atoms with Crippen molar-refractivity contribution >= 4 is 11.6 Å². The fourth-order valence-corrected chi connectivity index (χ4v) is 2.56. The van der Waals surface area contributed by atoms with E-state index in [2.05, 4.69) is 11.4 Å². The van der Waals surface area contributed by atoms with Gasteiger partial charge in [0.05, 0.1) is 5.02 Å². The van der Waals surface area contributed by atoms with E-state index in [0.717, 1.165) is 36.2 Å². The van der Waals surface area contributed by atoms with Crippen molar-refractivity contribution in [1.29, 1.82) is 0 Å². The first-order valence-electron chi connectivity index (χ1n) is 5.78. The van der Waals surface area contributed by atoms with Crippen molar-refractivity contribution in [2.24, 2.45) is 5.92 Å². The van der Waals surface area contributed by atoms with Gasteiger partial charge in [0, 0.05) is 0 Å². The van der Waals surface area contributed by atoms with Gasteiger partial charge < -0.3 is 10.4 Å². The van der Waals surface area contributed by atoms with Gasteiger partial charge in [0.25, 0.3) is 0 Å². The molecule has 1 heterocycles. The standard InChI is InChI=1S/C13H18ClNO/c1-8-5-11(6-10-3-4-15-7-10)13(16)12(14)9(8)2/h5,10,15-16H,3-4,6-7H2,1-2H3. The number of rotatable bonds is 2. The number of hydrogen-bond acceptors (Lipinski definition) is 2. The first-order valence-corrected chi connectivity index (χ1v) is 6.15. The third-order valence-corrected chi connectivity index (χ3v) is 3.96. The van der Waals surface area contributed by atoms with Crippen LogP contribution in [0.2, 0.25) is 5.02 Å². The summed E-state index contributed by atoms with van der Waals surface area (Å²) >= 11 is 6.11. The van der Waals surface area contributed by atoms with Gasteiger partial charge in [-0.2, -0.15) is 0 Å². The average molecular weight is 240 g/mol. The Morgan fingerprint density at radius 2 is 2.25 bits per heavy atom. The maximum absolute atomic E-state index is 10.0. The van der Waals surface area contributed by atoms with Gasteiger partial charge in [-0.05, 0) is 62.4 Å². The van der Waals surface area contributed by atoms with Gasteiger partial charge in [0.15, 0.2) is 0 Å². The van der Waals surface area contributed by atoms with Crippen LogP contribution in [0.4, 0.5) is 0 Å². The summed E-state index contributed by atoms with van der Waals surface area (Å²) in [6.07, 6.45) is 2.10. The second-order valence-corrected chi connectivity index (χ2v) is 5.08. The number of aromatic hydroxyl groups is 1. The third kappa shape index (κ3) is 2.18. The topological polar surface area (TPSA) is 32.3 Å². The molecule has 0 aromatic heterocycles. The maximum Gasteiger partial charge on any atom is 0.137 e. The molecule has 2 rings (SSSR count). The van der Waals surface area contributed by atoms with E-state index in [9.17, 15) is 5.11 Å². The highest BCUT2D eigenvalue weighted by Gasteiger charge is 2.18. The molecule has 0 spiro atoms. The van der Waals surface area contributed by atoms with Crippen LogP contribution >= 0.6 is 11.6 Å². The molecule has 0 radical (unpaired) electrons. The molecule has 2 N–H and O–H groups in total. The molecule has 1 saturated heterocycles. The smallest absolute Gasteiger partial charge is 0.137 e. The molecule has 0 bridgehead atoms. The highest BCUT2D eigenvalue weighted by Crippen LogP contribution is 2.34. The molecule has 1 aliphatic heterocycles. The predicted molar refractivity (Wildman–Crippen MR) is 67.3 cm³/mol. The van der Waals surface area contributed by atoms with E-state index in [1.54, 1.807) is 0 Å². The number of phenols is 1. The minimum atomic E-state index is 0.275. The highest BCUT2D eigenvalue weighted by molar-refractivity contribution is 6.33. The quantitative estimate of drug-likeness (QED) is 0.832. The lowest BCUT2D eigenvalue weighted by atomic mass is 9.95. The molecule has 1 atom stereocenters. The van der Waals surface area contributed by atoms with Crippen molar-refractivity contribution in [1.82, 2.24) is 5.32 Å². The minimum Gasteiger partial charge on any atom is -0.506 e. The van der Waals surface area contributed by atoms with Crippen LogP contribution in [0.1, 0.15) is 23.1 Å². The van der Waals surface area contributed by atoms with Gasteiger partial charge in [-0.1, -0.05) is 17.7 Å². The number of halogens is 1. The summed E-state index contributed by atoms with van der Waals surface area (Å²) in [7, 11) is 0. The Labute approximate surface area is 102 Å². The van der Waals surface area contributed by atoms with E-state index in [1.807, 2.05) is 13.8 Å². The highest BCUT2D eigenvalue weighted by atomic mass is 35.5. The number of nitrogens with one attached hydrogen (secondary N) is 1. The molecule has 0 amide bonds. The second-order valence-electron chi connectivity index (χ2n) is 4.70. The molecule has 16 heavy (non-hydrogen) atoms. The molecule has 0 aliphatic carbocycles. The molecule has 3 heteroatoms. The number of phenolic OH excluding ortho intramolecular Hbond substituents is 1. The van der Waals surface area contributed by atoms with E-state index in [4.69, 9.17) is 11.6 Å². The average Bonchev–Trinajstić information content (AvgIpc) is 2.76. The lowest BCUT2D eigenvalue weighted by Gasteiger charge is -2.14. The van der Waals surface area contributed by atoms with E-state index in [-0.39, 0.29) is 5.75 Å². The van der Waals surface area contributed by atoms with E-state index >= 15 is 0 Å². The van der Waals surface area contributed by atoms with Gasteiger partial charge >= 0.3 is 0 Å². The Balaban J connectivity index is 2.26. The van der Waals surface area contributed by atoms with Crippen LogP contribution in [0.15, 0.2) is 6.07 Å². The van der Waals surface area contributed by atoms with E-state index < -0.39 is 0 Å². The second kappa shape index (κ2) is 4.64. The SMILES string of the molecule is Cc1cc(CC2CCNC2)c(O)c(Cl)c1C. The monoisotopic (exact) mass is 239 g/mol. The van der Waals surface area contributed by atoms with Crippen LogP contribution in [-0.4, -0.2) is 18.2 Å². The van der Waals surface area contributed by atoms with Crippen molar-refractivity contribution in [2.45, 2.75) is 26.7 Å². The Morgan fingerprint density at radius 3 is 2.88 bits per heavy atom. The lowest BCUT2D eigenvalue weighted by Crippen LogP contribution is -2.11. The van der Waals surface area contributed by atoms with Crippen LogP contribution in [0, 0.1) is 19.8 Å². The summed E-state index contributed by atoms with van der Waals surface area (Å²) in [5.41, 5.74) is 3.12. The minimum absolute atomic E-state index is 0.275. The molecule has 1 aliphatic rings. The summed E-state index contributed by atoms with van der Waals surface area (Å²) in [6.45, 7) is 6.11. The Hall–Kier alpha value is -0.730. The summed E-state index contributed by atoms with van der Waals surface area (Å²) in [6, 6.07) is 2.06. The van der Waals surface area contributed by atoms with Crippen molar-refractivity contribution in [3.05, 3.63) is 27.8 Å². The molecular weight excluding hydrogens is 222 g/mol. The number of benzene rings is 1. The van der Waals surface area contributed by atoms with Crippen molar-refractivity contribution in [3.63, 3.8) is 0 Å². The molecule has 0 saturated carbocycles. The predicted octanol–water partition coefficient (Wildman–Crippen LogP) is 2.81. The van der Waals surface area contributed by atoms with Crippen LogP contribution in [-0.2, 0) is 6.42 Å². The molecule has 2 nitrogen and oxygen atoms in total. The number of hydrogen-bond donors (Lipinski definition) is 2. The normalized spacial score (nSPS) is 20.3. The fraction of sp³-hybridized carbons (Fsp3) is 0.538. The zero-order valence-corrected chi connectivity index (χ0v) is 10.6. The third-order valence-electron chi connectivity index (χ3n) is 3.49. The Bertz CT molecular complexity index is 397. The fourth-order valence-electron chi connectivity index (χ4n) is 2.28. The number of aryl methyl sites for hydroxylation is 1. The Kier molecular flexibility index (Phi) is 3.41. The lowest BCUT2D eigenvalue weighted by molar-refractivity contribution is 0.458. The first kappa shape index (κ1) is 11.7. The van der Waals surface area contributed by atoms with Crippen LogP contribution < -0.4 is 5.32 Å². The summed E-state index contributed by atoms with van der Waals surface area (Å²) in [5, 5.41) is 13.9. The summed E-state index contributed by atoms with van der Waals surface area (Å²) < 4.78 is 0. The first-order chi connectivity index (χ1) is 7.59. The van der Waals surface area contributed by atoms with Crippen LogP contribution in [0.25, 0.3) is 0 Å². The zero-order valence-electron chi connectivity index (χ0n) is 9.81. The van der Waals surface area contributed by atoms with E-state index in [0.29, 0.717) is 10.9 Å². The van der Waals surface area contributed by atoms with E-state index in [1.165, 1.54) is 6.42 Å². The molecule has 88 valence electrons. The molecule has 1 aromatic rings. The molecule has 1 aromatic carbocycles. The van der Waals surface area contributed by atoms with Gasteiger partial charge in [0.2, 0.25) is 0 Å². The summed E-state index contributed by atoms with van der Waals surface area (Å²) in [5.74, 6) is 0.903. The van der Waals surface area contributed by atoms with Gasteiger partial charge in [-0.15, -0.1) is 0 Å². The summed E-state index contributed by atoms with van der Waals surface area (Å²) in [4.78, 5) is 0. The Morgan fingerprint density at radius 1 is 1.50 bits per heavy atom. The van der Waals surface area contributed by atoms with Gasteiger partial charge in [-0.3, -0.25) is 0 Å². The van der Waals surface area contributed by atoms with Crippen LogP contribution in [0.5, 0.6) is 5.75 Å². The van der Waals surface area contributed by atoms with Gasteiger partial charge in [-0.25, -0.2) is 0 Å². The largest absolute Gasteiger partial charge is 0.506 e. The van der Waals surface area contributed by atoms with Gasteiger partial charge in [0.1, 0.15) is 5.75 Å². The molecule has 1 unspecified atom stereocenters. The zero-order chi connectivity index (χ0) is 11.7. The molecular formula is C13H18ClNO. The van der Waals surface area contributed by atoms with Crippen molar-refractivity contribution in [3.8, 4) is 5.75 Å². The maximum atomic E-state index is 10.0. The molecule has 1 fully saturated rings. The van der Waals surface area contributed by atoms with Crippen molar-refractivity contribution in [2.75, 3.05) is 13.1 Å². The van der Waals surface area contributed by atoms with Crippen LogP contribution in [0.3, 0.4) is 0 Å². The van der Waals surface area contributed by atoms with Crippen molar-refractivity contribution < 1.29 is 5.11 Å².